The maximum atomic E-state index is 9.65. The van der Waals surface area contributed by atoms with Crippen LogP contribution in [0.2, 0.25) is 0 Å². The second-order valence-corrected chi connectivity index (χ2v) is 6.76. The van der Waals surface area contributed by atoms with Crippen LogP contribution in [0.25, 0.3) is 0 Å². The van der Waals surface area contributed by atoms with Gasteiger partial charge in [-0.15, -0.1) is 0 Å². The van der Waals surface area contributed by atoms with E-state index in [0.29, 0.717) is 6.04 Å². The van der Waals surface area contributed by atoms with Crippen molar-refractivity contribution in [3.05, 3.63) is 0 Å². The highest BCUT2D eigenvalue weighted by Crippen LogP contribution is 2.35. The fourth-order valence-electron chi connectivity index (χ4n) is 3.97. The summed E-state index contributed by atoms with van der Waals surface area (Å²) in [6.45, 7) is 2.27. The van der Waals surface area contributed by atoms with E-state index in [0.717, 1.165) is 18.8 Å². The van der Waals surface area contributed by atoms with Crippen molar-refractivity contribution in [1.82, 2.24) is 5.32 Å². The lowest BCUT2D eigenvalue weighted by Gasteiger charge is -2.38. The Balaban J connectivity index is 1.87. The highest BCUT2D eigenvalue weighted by molar-refractivity contribution is 5.10. The van der Waals surface area contributed by atoms with Gasteiger partial charge in [0.2, 0.25) is 0 Å². The summed E-state index contributed by atoms with van der Waals surface area (Å²) >= 11 is 0. The largest absolute Gasteiger partial charge is 0.297 e. The van der Waals surface area contributed by atoms with Gasteiger partial charge in [0.15, 0.2) is 0 Å². The molecule has 108 valence electrons. The Labute approximate surface area is 119 Å². The van der Waals surface area contributed by atoms with Crippen LogP contribution in [-0.4, -0.2) is 11.6 Å². The molecule has 2 fully saturated rings. The first-order valence-corrected chi connectivity index (χ1v) is 8.47. The first-order chi connectivity index (χ1) is 9.28. The third-order valence-corrected chi connectivity index (χ3v) is 5.21. The summed E-state index contributed by atoms with van der Waals surface area (Å²) in [6, 6.07) is 3.24. The summed E-state index contributed by atoms with van der Waals surface area (Å²) in [4.78, 5) is 0. The lowest BCUT2D eigenvalue weighted by molar-refractivity contribution is 0.206. The molecule has 19 heavy (non-hydrogen) atoms. The van der Waals surface area contributed by atoms with E-state index < -0.39 is 0 Å². The summed E-state index contributed by atoms with van der Waals surface area (Å²) in [5.74, 6) is 0.877. The minimum Gasteiger partial charge on any atom is -0.297 e. The molecule has 1 N–H and O–H groups in total. The van der Waals surface area contributed by atoms with Crippen molar-refractivity contribution in [2.24, 2.45) is 5.92 Å². The Morgan fingerprint density at radius 1 is 1.05 bits per heavy atom. The van der Waals surface area contributed by atoms with Crippen LogP contribution in [0.3, 0.4) is 0 Å². The minimum absolute atomic E-state index is 0.195. The number of nitrogens with one attached hydrogen (secondary N) is 1. The molecule has 0 amide bonds. The van der Waals surface area contributed by atoms with E-state index >= 15 is 0 Å². The molecule has 2 aliphatic rings. The van der Waals surface area contributed by atoms with Crippen molar-refractivity contribution in [3.63, 3.8) is 0 Å². The second kappa shape index (κ2) is 7.29. The van der Waals surface area contributed by atoms with E-state index in [2.05, 4.69) is 18.3 Å². The number of nitrogens with zero attached hydrogens (tertiary/aromatic N) is 1. The average molecular weight is 262 g/mol. The molecule has 2 saturated carbocycles. The van der Waals surface area contributed by atoms with Gasteiger partial charge in [-0.05, 0) is 44.4 Å². The van der Waals surface area contributed by atoms with E-state index in [-0.39, 0.29) is 5.54 Å². The fourth-order valence-corrected chi connectivity index (χ4v) is 3.97. The third-order valence-electron chi connectivity index (χ3n) is 5.21. The van der Waals surface area contributed by atoms with Gasteiger partial charge in [0.05, 0.1) is 6.07 Å². The molecule has 0 aromatic heterocycles. The van der Waals surface area contributed by atoms with Crippen LogP contribution in [0.4, 0.5) is 0 Å². The molecule has 0 spiro atoms. The molecule has 0 aromatic carbocycles. The summed E-state index contributed by atoms with van der Waals surface area (Å²) < 4.78 is 0. The molecule has 0 radical (unpaired) electrons. The zero-order chi connectivity index (χ0) is 13.6. The molecular formula is C17H30N2. The van der Waals surface area contributed by atoms with Gasteiger partial charge >= 0.3 is 0 Å². The van der Waals surface area contributed by atoms with Gasteiger partial charge in [0, 0.05) is 6.04 Å². The Morgan fingerprint density at radius 3 is 2.21 bits per heavy atom. The summed E-state index contributed by atoms with van der Waals surface area (Å²) in [6.07, 6.45) is 15.3. The Bertz CT molecular complexity index is 289. The van der Waals surface area contributed by atoms with Gasteiger partial charge in [-0.1, -0.05) is 45.4 Å². The fraction of sp³-hybridized carbons (Fsp3) is 0.941. The number of hydrogen-bond donors (Lipinski definition) is 1. The standard InChI is InChI=1S/C17H30N2/c1-2-7-15-10-12-17(14-18,13-11-15)19-16-8-5-3-4-6-9-16/h15-16,19H,2-13H2,1H3. The zero-order valence-corrected chi connectivity index (χ0v) is 12.6. The molecule has 0 atom stereocenters. The molecular weight excluding hydrogens is 232 g/mol. The van der Waals surface area contributed by atoms with Gasteiger partial charge in [0.25, 0.3) is 0 Å². The van der Waals surface area contributed by atoms with Gasteiger partial charge < -0.3 is 0 Å². The number of rotatable bonds is 4. The summed E-state index contributed by atoms with van der Waals surface area (Å²) in [5, 5.41) is 13.4. The first-order valence-electron chi connectivity index (χ1n) is 8.47. The van der Waals surface area contributed by atoms with Crippen LogP contribution in [0, 0.1) is 17.2 Å². The van der Waals surface area contributed by atoms with Crippen molar-refractivity contribution in [1.29, 1.82) is 5.26 Å². The lowest BCUT2D eigenvalue weighted by Crippen LogP contribution is -2.51. The van der Waals surface area contributed by atoms with Crippen molar-refractivity contribution in [3.8, 4) is 6.07 Å². The molecule has 0 aromatic rings. The number of hydrogen-bond acceptors (Lipinski definition) is 2. The van der Waals surface area contributed by atoms with Crippen molar-refractivity contribution in [2.75, 3.05) is 0 Å². The molecule has 0 saturated heterocycles. The van der Waals surface area contributed by atoms with Crippen LogP contribution < -0.4 is 5.32 Å². The zero-order valence-electron chi connectivity index (χ0n) is 12.6. The van der Waals surface area contributed by atoms with Crippen LogP contribution in [0.15, 0.2) is 0 Å². The third kappa shape index (κ3) is 4.21. The Kier molecular flexibility index (Phi) is 5.70. The predicted molar refractivity (Wildman–Crippen MR) is 79.8 cm³/mol. The SMILES string of the molecule is CCCC1CCC(C#N)(NC2CCCCCC2)CC1. The van der Waals surface area contributed by atoms with Crippen molar-refractivity contribution >= 4 is 0 Å². The molecule has 2 aliphatic carbocycles. The minimum atomic E-state index is -0.195. The number of nitriles is 1. The molecule has 2 heteroatoms. The molecule has 0 heterocycles. The van der Waals surface area contributed by atoms with Crippen molar-refractivity contribution in [2.45, 2.75) is 95.6 Å². The van der Waals surface area contributed by atoms with Crippen LogP contribution in [0.5, 0.6) is 0 Å². The predicted octanol–water partition coefficient (Wildman–Crippen LogP) is 4.55. The van der Waals surface area contributed by atoms with Crippen LogP contribution in [0.1, 0.15) is 84.0 Å². The topological polar surface area (TPSA) is 35.8 Å². The maximum absolute atomic E-state index is 9.65. The highest BCUT2D eigenvalue weighted by Gasteiger charge is 2.36. The summed E-state index contributed by atoms with van der Waals surface area (Å²) in [5.41, 5.74) is -0.195. The first kappa shape index (κ1) is 14.9. The van der Waals surface area contributed by atoms with Gasteiger partial charge in [-0.2, -0.15) is 5.26 Å². The van der Waals surface area contributed by atoms with Crippen LogP contribution in [-0.2, 0) is 0 Å². The Morgan fingerprint density at radius 2 is 1.68 bits per heavy atom. The van der Waals surface area contributed by atoms with E-state index in [1.807, 2.05) is 0 Å². The lowest BCUT2D eigenvalue weighted by atomic mass is 9.75. The average Bonchev–Trinajstić information content (AvgIpc) is 2.70. The van der Waals surface area contributed by atoms with Crippen LogP contribution >= 0.6 is 0 Å². The summed E-state index contributed by atoms with van der Waals surface area (Å²) in [7, 11) is 0. The monoisotopic (exact) mass is 262 g/mol. The van der Waals surface area contributed by atoms with Gasteiger partial charge in [-0.3, -0.25) is 5.32 Å². The maximum Gasteiger partial charge on any atom is 0.107 e. The molecule has 0 aliphatic heterocycles. The molecule has 0 unspecified atom stereocenters. The van der Waals surface area contributed by atoms with E-state index in [4.69, 9.17) is 0 Å². The van der Waals surface area contributed by atoms with E-state index in [1.54, 1.807) is 0 Å². The molecule has 2 nitrogen and oxygen atoms in total. The van der Waals surface area contributed by atoms with E-state index in [9.17, 15) is 5.26 Å². The van der Waals surface area contributed by atoms with Gasteiger partial charge in [-0.25, -0.2) is 0 Å². The van der Waals surface area contributed by atoms with Crippen molar-refractivity contribution < 1.29 is 0 Å². The normalized spacial score (nSPS) is 33.6. The molecule has 0 bridgehead atoms. The molecule has 2 rings (SSSR count). The quantitative estimate of drug-likeness (QED) is 0.754. The smallest absolute Gasteiger partial charge is 0.107 e. The Hall–Kier alpha value is -0.550. The van der Waals surface area contributed by atoms with Gasteiger partial charge in [0.1, 0.15) is 5.54 Å². The van der Waals surface area contributed by atoms with E-state index in [1.165, 1.54) is 64.2 Å². The second-order valence-electron chi connectivity index (χ2n) is 6.76. The highest BCUT2D eigenvalue weighted by atomic mass is 15.0.